The maximum absolute atomic E-state index is 6.06. The third-order valence-electron chi connectivity index (χ3n) is 2.25. The Kier molecular flexibility index (Phi) is 3.86. The number of anilines is 1. The van der Waals surface area contributed by atoms with Crippen molar-refractivity contribution in [1.82, 2.24) is 9.97 Å². The lowest BCUT2D eigenvalue weighted by Crippen LogP contribution is -2.00. The Hall–Kier alpha value is -1.26. The minimum atomic E-state index is 0.537. The number of aryl methyl sites for hydroxylation is 1. The van der Waals surface area contributed by atoms with Gasteiger partial charge < -0.3 is 5.73 Å². The van der Waals surface area contributed by atoms with E-state index in [9.17, 15) is 0 Å². The molecule has 0 aliphatic rings. The molecule has 2 aromatic rings. The molecule has 0 amide bonds. The van der Waals surface area contributed by atoms with Crippen molar-refractivity contribution in [3.05, 3.63) is 46.9 Å². The van der Waals surface area contributed by atoms with Crippen molar-refractivity contribution in [3.8, 4) is 0 Å². The van der Waals surface area contributed by atoms with Gasteiger partial charge in [0.25, 0.3) is 0 Å². The summed E-state index contributed by atoms with van der Waals surface area (Å²) in [5.74, 6) is 1.92. The molecule has 0 aliphatic heterocycles. The third-order valence-corrected chi connectivity index (χ3v) is 3.77. The van der Waals surface area contributed by atoms with Gasteiger partial charge in [0, 0.05) is 16.7 Å². The fourth-order valence-electron chi connectivity index (χ4n) is 1.27. The summed E-state index contributed by atoms with van der Waals surface area (Å²) >= 11 is 7.66. The molecular formula is C12H12ClN3S. The molecular weight excluding hydrogens is 254 g/mol. The van der Waals surface area contributed by atoms with Gasteiger partial charge in [0.15, 0.2) is 0 Å². The number of nitrogen functional groups attached to an aromatic ring is 1. The van der Waals surface area contributed by atoms with Crippen molar-refractivity contribution < 1.29 is 0 Å². The van der Waals surface area contributed by atoms with Gasteiger partial charge in [0.05, 0.1) is 10.8 Å². The average Bonchev–Trinajstić information content (AvgIpc) is 2.32. The Morgan fingerprint density at radius 3 is 2.82 bits per heavy atom. The Bertz CT molecular complexity index is 531. The third kappa shape index (κ3) is 3.11. The number of rotatable bonds is 3. The summed E-state index contributed by atoms with van der Waals surface area (Å²) < 4.78 is 0. The van der Waals surface area contributed by atoms with Crippen LogP contribution in [-0.4, -0.2) is 9.97 Å². The molecule has 0 saturated carbocycles. The van der Waals surface area contributed by atoms with E-state index in [1.165, 1.54) is 0 Å². The van der Waals surface area contributed by atoms with E-state index in [2.05, 4.69) is 9.97 Å². The minimum absolute atomic E-state index is 0.537. The standard InChI is InChI=1S/C12H12ClN3S/c1-8-6-15-11(16-12(8)14)7-17-10-5-3-2-4-9(10)13/h2-6H,7H2,1H3,(H2,14,15,16). The molecule has 3 nitrogen and oxygen atoms in total. The summed E-state index contributed by atoms with van der Waals surface area (Å²) in [7, 11) is 0. The smallest absolute Gasteiger partial charge is 0.140 e. The molecule has 0 saturated heterocycles. The fraction of sp³-hybridized carbons (Fsp3) is 0.167. The number of hydrogen-bond acceptors (Lipinski definition) is 4. The van der Waals surface area contributed by atoms with Crippen LogP contribution in [0.15, 0.2) is 35.4 Å². The van der Waals surface area contributed by atoms with Gasteiger partial charge in [0.2, 0.25) is 0 Å². The van der Waals surface area contributed by atoms with E-state index in [1.807, 2.05) is 31.2 Å². The maximum Gasteiger partial charge on any atom is 0.140 e. The number of aromatic nitrogens is 2. The van der Waals surface area contributed by atoms with E-state index in [0.717, 1.165) is 21.3 Å². The summed E-state index contributed by atoms with van der Waals surface area (Å²) in [5.41, 5.74) is 6.63. The first-order chi connectivity index (χ1) is 8.16. The van der Waals surface area contributed by atoms with Gasteiger partial charge in [-0.2, -0.15) is 0 Å². The van der Waals surface area contributed by atoms with Crippen LogP contribution in [0, 0.1) is 6.92 Å². The molecule has 1 aromatic carbocycles. The largest absolute Gasteiger partial charge is 0.383 e. The lowest BCUT2D eigenvalue weighted by molar-refractivity contribution is 1.02. The molecule has 0 spiro atoms. The molecule has 88 valence electrons. The summed E-state index contributed by atoms with van der Waals surface area (Å²) in [6, 6.07) is 7.71. The average molecular weight is 266 g/mol. The molecule has 0 unspecified atom stereocenters. The molecule has 5 heteroatoms. The molecule has 0 atom stereocenters. The van der Waals surface area contributed by atoms with Crippen LogP contribution in [0.2, 0.25) is 5.02 Å². The SMILES string of the molecule is Cc1cnc(CSc2ccccc2Cl)nc1N. The van der Waals surface area contributed by atoms with Gasteiger partial charge in [-0.15, -0.1) is 11.8 Å². The van der Waals surface area contributed by atoms with Crippen LogP contribution in [0.3, 0.4) is 0 Å². The van der Waals surface area contributed by atoms with Crippen LogP contribution in [0.4, 0.5) is 5.82 Å². The Morgan fingerprint density at radius 2 is 2.12 bits per heavy atom. The molecule has 0 fully saturated rings. The topological polar surface area (TPSA) is 51.8 Å². The second-order valence-electron chi connectivity index (χ2n) is 3.57. The zero-order chi connectivity index (χ0) is 12.3. The first-order valence-electron chi connectivity index (χ1n) is 5.12. The van der Waals surface area contributed by atoms with E-state index in [1.54, 1.807) is 18.0 Å². The summed E-state index contributed by atoms with van der Waals surface area (Å²) in [6.45, 7) is 1.89. The van der Waals surface area contributed by atoms with Crippen molar-refractivity contribution >= 4 is 29.2 Å². The number of halogens is 1. The number of nitrogens with two attached hydrogens (primary N) is 1. The van der Waals surface area contributed by atoms with E-state index >= 15 is 0 Å². The molecule has 17 heavy (non-hydrogen) atoms. The first-order valence-corrected chi connectivity index (χ1v) is 6.48. The quantitative estimate of drug-likeness (QED) is 0.865. The predicted octanol–water partition coefficient (Wildman–Crippen LogP) is 3.31. The van der Waals surface area contributed by atoms with Crippen molar-refractivity contribution in [1.29, 1.82) is 0 Å². The molecule has 0 bridgehead atoms. The second-order valence-corrected chi connectivity index (χ2v) is 5.00. The molecule has 0 radical (unpaired) electrons. The highest BCUT2D eigenvalue weighted by Gasteiger charge is 2.04. The summed E-state index contributed by atoms with van der Waals surface area (Å²) in [4.78, 5) is 9.47. The van der Waals surface area contributed by atoms with Crippen molar-refractivity contribution in [3.63, 3.8) is 0 Å². The van der Waals surface area contributed by atoms with Crippen LogP contribution in [0.5, 0.6) is 0 Å². The Morgan fingerprint density at radius 1 is 1.35 bits per heavy atom. The Labute approximate surface area is 109 Å². The van der Waals surface area contributed by atoms with Crippen molar-refractivity contribution in [2.75, 3.05) is 5.73 Å². The lowest BCUT2D eigenvalue weighted by atomic mass is 10.3. The highest BCUT2D eigenvalue weighted by atomic mass is 35.5. The predicted molar refractivity (Wildman–Crippen MR) is 72.2 cm³/mol. The van der Waals surface area contributed by atoms with Crippen LogP contribution >= 0.6 is 23.4 Å². The van der Waals surface area contributed by atoms with Gasteiger partial charge in [0.1, 0.15) is 11.6 Å². The Balaban J connectivity index is 2.08. The highest BCUT2D eigenvalue weighted by molar-refractivity contribution is 7.98. The zero-order valence-corrected chi connectivity index (χ0v) is 10.9. The monoisotopic (exact) mass is 265 g/mol. The van der Waals surface area contributed by atoms with Crippen LogP contribution < -0.4 is 5.73 Å². The number of hydrogen-bond donors (Lipinski definition) is 1. The lowest BCUT2D eigenvalue weighted by Gasteiger charge is -2.04. The molecule has 0 aliphatic carbocycles. The summed E-state index contributed by atoms with van der Waals surface area (Å²) in [6.07, 6.45) is 1.74. The van der Waals surface area contributed by atoms with Gasteiger partial charge in [-0.05, 0) is 19.1 Å². The fourth-order valence-corrected chi connectivity index (χ4v) is 2.37. The van der Waals surface area contributed by atoms with E-state index in [4.69, 9.17) is 17.3 Å². The first kappa shape index (κ1) is 12.2. The molecule has 1 aromatic heterocycles. The minimum Gasteiger partial charge on any atom is -0.383 e. The number of thioether (sulfide) groups is 1. The van der Waals surface area contributed by atoms with E-state index < -0.39 is 0 Å². The normalized spacial score (nSPS) is 10.5. The number of benzene rings is 1. The van der Waals surface area contributed by atoms with E-state index in [-0.39, 0.29) is 0 Å². The molecule has 2 rings (SSSR count). The van der Waals surface area contributed by atoms with Gasteiger partial charge >= 0.3 is 0 Å². The van der Waals surface area contributed by atoms with Crippen molar-refractivity contribution in [2.45, 2.75) is 17.6 Å². The number of nitrogens with zero attached hydrogens (tertiary/aromatic N) is 2. The highest BCUT2D eigenvalue weighted by Crippen LogP contribution is 2.28. The summed E-state index contributed by atoms with van der Waals surface area (Å²) in [5, 5.41) is 0.748. The van der Waals surface area contributed by atoms with Crippen LogP contribution in [-0.2, 0) is 5.75 Å². The zero-order valence-electron chi connectivity index (χ0n) is 9.35. The van der Waals surface area contributed by atoms with Crippen molar-refractivity contribution in [2.24, 2.45) is 0 Å². The van der Waals surface area contributed by atoms with Crippen LogP contribution in [0.1, 0.15) is 11.4 Å². The van der Waals surface area contributed by atoms with Gasteiger partial charge in [-0.3, -0.25) is 0 Å². The van der Waals surface area contributed by atoms with Crippen LogP contribution in [0.25, 0.3) is 0 Å². The van der Waals surface area contributed by atoms with Gasteiger partial charge in [-0.25, -0.2) is 9.97 Å². The maximum atomic E-state index is 6.06. The van der Waals surface area contributed by atoms with Gasteiger partial charge in [-0.1, -0.05) is 23.7 Å². The molecule has 2 N–H and O–H groups in total. The van der Waals surface area contributed by atoms with E-state index in [0.29, 0.717) is 11.6 Å². The molecule has 1 heterocycles. The second kappa shape index (κ2) is 5.38.